The molecule has 6 heteroatoms. The van der Waals surface area contributed by atoms with Gasteiger partial charge >= 0.3 is 0 Å². The van der Waals surface area contributed by atoms with Crippen LogP contribution in [0.1, 0.15) is 54.0 Å². The van der Waals surface area contributed by atoms with Gasteiger partial charge < -0.3 is 15.2 Å². The highest BCUT2D eigenvalue weighted by atomic mass is 19.1. The first-order chi connectivity index (χ1) is 15.3. The van der Waals surface area contributed by atoms with E-state index in [1.807, 2.05) is 73.7 Å². The predicted octanol–water partition coefficient (Wildman–Crippen LogP) is 7.91. The van der Waals surface area contributed by atoms with Crippen molar-refractivity contribution in [2.45, 2.75) is 55.4 Å². The molecule has 1 heterocycles. The highest BCUT2D eigenvalue weighted by molar-refractivity contribution is 5.67. The molecule has 0 saturated heterocycles. The van der Waals surface area contributed by atoms with Crippen LogP contribution in [0.3, 0.4) is 0 Å². The lowest BCUT2D eigenvalue weighted by Gasteiger charge is -2.13. The first kappa shape index (κ1) is 28.9. The summed E-state index contributed by atoms with van der Waals surface area (Å²) in [4.78, 5) is 4.35. The van der Waals surface area contributed by atoms with Gasteiger partial charge in [0.25, 0.3) is 0 Å². The molecular weight excluding hydrogens is 410 g/mol. The molecule has 0 amide bonds. The molecule has 0 aliphatic rings. The van der Waals surface area contributed by atoms with E-state index in [9.17, 15) is 13.9 Å². The molecule has 0 saturated carbocycles. The Kier molecular flexibility index (Phi) is 13.3. The minimum absolute atomic E-state index is 0.302. The number of phenols is 1. The normalized spacial score (nSPS) is 11.7. The third-order valence-electron chi connectivity index (χ3n) is 4.31. The van der Waals surface area contributed by atoms with Gasteiger partial charge in [0, 0.05) is 23.5 Å². The molecule has 0 aliphatic heterocycles. The fourth-order valence-corrected chi connectivity index (χ4v) is 2.82. The number of nitrogens with zero attached hydrogens (tertiary/aromatic N) is 1. The van der Waals surface area contributed by atoms with Gasteiger partial charge in [-0.2, -0.15) is 0 Å². The molecule has 0 unspecified atom stereocenters. The molecule has 0 radical (unpaired) electrons. The van der Waals surface area contributed by atoms with Gasteiger partial charge in [-0.05, 0) is 68.7 Å². The lowest BCUT2D eigenvalue weighted by atomic mass is 10.0. The van der Waals surface area contributed by atoms with Gasteiger partial charge in [0.05, 0.1) is 7.11 Å². The van der Waals surface area contributed by atoms with Crippen molar-refractivity contribution in [3.05, 3.63) is 76.9 Å². The van der Waals surface area contributed by atoms with Crippen LogP contribution in [-0.2, 0) is 4.74 Å². The zero-order chi connectivity index (χ0) is 24.8. The number of nitrogens with one attached hydrogen (secondary N) is 1. The third-order valence-corrected chi connectivity index (χ3v) is 4.31. The number of halogens is 2. The summed E-state index contributed by atoms with van der Waals surface area (Å²) in [6.45, 7) is 15.6. The first-order valence-electron chi connectivity index (χ1n) is 10.8. The van der Waals surface area contributed by atoms with Gasteiger partial charge in [0.2, 0.25) is 0 Å². The van der Waals surface area contributed by atoms with Crippen LogP contribution >= 0.6 is 0 Å². The maximum Gasteiger partial charge on any atom is 0.187 e. The quantitative estimate of drug-likeness (QED) is 0.350. The summed E-state index contributed by atoms with van der Waals surface area (Å²) in [5.41, 5.74) is 3.57. The van der Waals surface area contributed by atoms with Crippen LogP contribution in [0.25, 0.3) is 11.1 Å². The Morgan fingerprint density at radius 3 is 2.00 bits per heavy atom. The summed E-state index contributed by atoms with van der Waals surface area (Å²) >= 11 is 0. The third kappa shape index (κ3) is 7.52. The number of allylic oxidation sites excluding steroid dienone is 3. The molecule has 176 valence electrons. The molecular formula is C26H36F2N2O2. The van der Waals surface area contributed by atoms with Crippen molar-refractivity contribution in [1.82, 2.24) is 4.98 Å². The second kappa shape index (κ2) is 14.8. The SMILES string of the molecule is C/C=C(C(/C)=C/Nc1ncc(-c2cc(F)c(O)c(F)c2)cc1C)\C(=C/C)OC.CC.CC. The Hall–Kier alpha value is -3.15. The molecule has 4 nitrogen and oxygen atoms in total. The topological polar surface area (TPSA) is 54.4 Å². The largest absolute Gasteiger partial charge is 0.503 e. The fraction of sp³-hybridized carbons (Fsp3) is 0.346. The fourth-order valence-electron chi connectivity index (χ4n) is 2.82. The van der Waals surface area contributed by atoms with Crippen LogP contribution in [0, 0.1) is 18.6 Å². The van der Waals surface area contributed by atoms with Crippen LogP contribution in [0.5, 0.6) is 5.75 Å². The van der Waals surface area contributed by atoms with E-state index < -0.39 is 17.4 Å². The van der Waals surface area contributed by atoms with Crippen molar-refractivity contribution in [3.8, 4) is 16.9 Å². The van der Waals surface area contributed by atoms with Crippen molar-refractivity contribution < 1.29 is 18.6 Å². The van der Waals surface area contributed by atoms with Crippen molar-refractivity contribution in [1.29, 1.82) is 0 Å². The number of aryl methyl sites for hydroxylation is 1. The predicted molar refractivity (Wildman–Crippen MR) is 131 cm³/mol. The van der Waals surface area contributed by atoms with E-state index in [4.69, 9.17) is 4.74 Å². The summed E-state index contributed by atoms with van der Waals surface area (Å²) in [6.07, 6.45) is 7.20. The number of phenolic OH excluding ortho intramolecular Hbond substituents is 1. The Morgan fingerprint density at radius 2 is 1.56 bits per heavy atom. The lowest BCUT2D eigenvalue weighted by molar-refractivity contribution is 0.301. The molecule has 0 aliphatic carbocycles. The first-order valence-corrected chi connectivity index (χ1v) is 10.8. The minimum Gasteiger partial charge on any atom is -0.503 e. The molecule has 2 rings (SSSR count). The van der Waals surface area contributed by atoms with Crippen molar-refractivity contribution in [2.24, 2.45) is 0 Å². The van der Waals surface area contributed by atoms with Gasteiger partial charge in [-0.15, -0.1) is 0 Å². The van der Waals surface area contributed by atoms with Gasteiger partial charge in [-0.1, -0.05) is 33.8 Å². The Bertz CT molecular complexity index is 941. The molecule has 1 aromatic heterocycles. The molecule has 32 heavy (non-hydrogen) atoms. The molecule has 2 N–H and O–H groups in total. The Labute approximate surface area is 191 Å². The summed E-state index contributed by atoms with van der Waals surface area (Å²) in [7, 11) is 1.62. The van der Waals surface area contributed by atoms with Crippen LogP contribution in [-0.4, -0.2) is 17.2 Å². The standard InChI is InChI=1S/C22H24F2N2O2.2C2H6/c1-6-17(20(7-2)28-5)14(4)11-25-22-13(3)8-16(12-26-22)15-9-18(23)21(27)19(24)10-15;2*1-2/h6-12,27H,1-5H3,(H,25,26);2*1-2H3/b14-11+,17-6-,20-7+;;. The molecule has 0 spiro atoms. The molecule has 0 atom stereocenters. The number of pyridine rings is 1. The van der Waals surface area contributed by atoms with Crippen LogP contribution in [0.2, 0.25) is 0 Å². The number of aromatic nitrogens is 1. The summed E-state index contributed by atoms with van der Waals surface area (Å²) in [6, 6.07) is 3.92. The van der Waals surface area contributed by atoms with E-state index in [2.05, 4.69) is 10.3 Å². The molecule has 2 aromatic rings. The van der Waals surface area contributed by atoms with E-state index in [0.717, 1.165) is 34.6 Å². The number of hydrogen-bond donors (Lipinski definition) is 2. The number of aromatic hydroxyl groups is 1. The smallest absolute Gasteiger partial charge is 0.187 e. The monoisotopic (exact) mass is 446 g/mol. The second-order valence-electron chi connectivity index (χ2n) is 6.21. The van der Waals surface area contributed by atoms with Crippen LogP contribution in [0.4, 0.5) is 14.6 Å². The van der Waals surface area contributed by atoms with Crippen molar-refractivity contribution in [3.63, 3.8) is 0 Å². The lowest BCUT2D eigenvalue weighted by Crippen LogP contribution is -2.00. The van der Waals surface area contributed by atoms with Gasteiger partial charge in [0.15, 0.2) is 17.4 Å². The summed E-state index contributed by atoms with van der Waals surface area (Å²) in [5, 5.41) is 12.4. The number of ether oxygens (including phenoxy) is 1. The second-order valence-corrected chi connectivity index (χ2v) is 6.21. The highest BCUT2D eigenvalue weighted by Crippen LogP contribution is 2.29. The van der Waals surface area contributed by atoms with Gasteiger partial charge in [-0.25, -0.2) is 13.8 Å². The molecule has 0 fully saturated rings. The van der Waals surface area contributed by atoms with E-state index in [1.165, 1.54) is 6.20 Å². The van der Waals surface area contributed by atoms with Crippen LogP contribution in [0.15, 0.2) is 59.7 Å². The van der Waals surface area contributed by atoms with E-state index in [-0.39, 0.29) is 0 Å². The zero-order valence-electron chi connectivity index (χ0n) is 20.6. The van der Waals surface area contributed by atoms with E-state index >= 15 is 0 Å². The Balaban J connectivity index is 0.00000227. The van der Waals surface area contributed by atoms with E-state index in [0.29, 0.717) is 16.9 Å². The molecule has 1 aromatic carbocycles. The maximum atomic E-state index is 13.6. The number of anilines is 1. The van der Waals surface area contributed by atoms with Crippen molar-refractivity contribution >= 4 is 5.82 Å². The van der Waals surface area contributed by atoms with Gasteiger partial charge in [0.1, 0.15) is 11.6 Å². The van der Waals surface area contributed by atoms with Gasteiger partial charge in [-0.3, -0.25) is 0 Å². The van der Waals surface area contributed by atoms with Crippen LogP contribution < -0.4 is 5.32 Å². The van der Waals surface area contributed by atoms with Crippen molar-refractivity contribution in [2.75, 3.05) is 12.4 Å². The Morgan fingerprint density at radius 1 is 1.00 bits per heavy atom. The highest BCUT2D eigenvalue weighted by Gasteiger charge is 2.12. The summed E-state index contributed by atoms with van der Waals surface area (Å²) < 4.78 is 32.6. The number of hydrogen-bond acceptors (Lipinski definition) is 4. The average molecular weight is 447 g/mol. The summed E-state index contributed by atoms with van der Waals surface area (Å²) in [5.74, 6) is -1.61. The number of methoxy groups -OCH3 is 1. The van der Waals surface area contributed by atoms with E-state index in [1.54, 1.807) is 13.2 Å². The number of benzene rings is 1. The number of rotatable bonds is 6. The average Bonchev–Trinajstić information content (AvgIpc) is 2.82. The zero-order valence-corrected chi connectivity index (χ0v) is 20.6. The maximum absolute atomic E-state index is 13.6. The molecule has 0 bridgehead atoms. The minimum atomic E-state index is -1.01.